The summed E-state index contributed by atoms with van der Waals surface area (Å²) in [6.45, 7) is 0. The van der Waals surface area contributed by atoms with E-state index in [4.69, 9.17) is 16.3 Å². The Kier molecular flexibility index (Phi) is 4.74. The summed E-state index contributed by atoms with van der Waals surface area (Å²) in [5.74, 6) is 0. The third kappa shape index (κ3) is 3.99. The molecule has 0 saturated carbocycles. The predicted octanol–water partition coefficient (Wildman–Crippen LogP) is 4.51. The lowest BCUT2D eigenvalue weighted by molar-refractivity contribution is 0.0987. The fourth-order valence-corrected chi connectivity index (χ4v) is 2.41. The van der Waals surface area contributed by atoms with E-state index >= 15 is 0 Å². The van der Waals surface area contributed by atoms with Crippen molar-refractivity contribution < 1.29 is 9.53 Å². The third-order valence-electron chi connectivity index (χ3n) is 3.46. The molecule has 1 heterocycles. The van der Waals surface area contributed by atoms with Crippen LogP contribution < -0.4 is 0 Å². The zero-order valence-corrected chi connectivity index (χ0v) is 13.1. The highest BCUT2D eigenvalue weighted by Crippen LogP contribution is 2.24. The minimum absolute atomic E-state index is 0.382. The molecule has 116 valence electrons. The molecule has 1 atom stereocenters. The van der Waals surface area contributed by atoms with Crippen molar-refractivity contribution in [2.75, 3.05) is 0 Å². The maximum absolute atomic E-state index is 12.2. The van der Waals surface area contributed by atoms with Gasteiger partial charge in [-0.3, -0.25) is 0 Å². The Bertz CT molecular complexity index is 755. The van der Waals surface area contributed by atoms with Gasteiger partial charge in [0.15, 0.2) is 0 Å². The van der Waals surface area contributed by atoms with Gasteiger partial charge < -0.3 is 4.74 Å². The van der Waals surface area contributed by atoms with Crippen LogP contribution in [0.15, 0.2) is 73.3 Å². The van der Waals surface area contributed by atoms with Gasteiger partial charge in [-0.25, -0.2) is 14.3 Å². The number of aromatic nitrogens is 2. The van der Waals surface area contributed by atoms with E-state index in [1.807, 2.05) is 54.6 Å². The van der Waals surface area contributed by atoms with Gasteiger partial charge in [-0.2, -0.15) is 0 Å². The summed E-state index contributed by atoms with van der Waals surface area (Å²) < 4.78 is 6.98. The molecule has 0 saturated heterocycles. The summed E-state index contributed by atoms with van der Waals surface area (Å²) in [5.41, 5.74) is 1.98. The summed E-state index contributed by atoms with van der Waals surface area (Å²) in [7, 11) is 0. The molecular weight excluding hydrogens is 312 g/mol. The highest BCUT2D eigenvalue weighted by molar-refractivity contribution is 6.30. The van der Waals surface area contributed by atoms with E-state index in [0.29, 0.717) is 11.4 Å². The Morgan fingerprint density at radius 2 is 1.87 bits per heavy atom. The van der Waals surface area contributed by atoms with Crippen LogP contribution in [0.3, 0.4) is 0 Å². The van der Waals surface area contributed by atoms with Crippen molar-refractivity contribution >= 4 is 17.7 Å². The lowest BCUT2D eigenvalue weighted by Crippen LogP contribution is -2.17. The molecule has 0 amide bonds. The molecule has 0 N–H and O–H groups in total. The van der Waals surface area contributed by atoms with Gasteiger partial charge in [-0.1, -0.05) is 54.1 Å². The first kappa shape index (κ1) is 15.3. The van der Waals surface area contributed by atoms with Gasteiger partial charge in [-0.05, 0) is 23.3 Å². The molecule has 0 aliphatic rings. The lowest BCUT2D eigenvalue weighted by Gasteiger charge is -2.18. The van der Waals surface area contributed by atoms with Crippen molar-refractivity contribution in [3.63, 3.8) is 0 Å². The Hall–Kier alpha value is -2.59. The van der Waals surface area contributed by atoms with Gasteiger partial charge in [0, 0.05) is 23.8 Å². The van der Waals surface area contributed by atoms with Crippen molar-refractivity contribution in [1.82, 2.24) is 9.55 Å². The quantitative estimate of drug-likeness (QED) is 0.708. The van der Waals surface area contributed by atoms with Crippen molar-refractivity contribution in [2.24, 2.45) is 0 Å². The SMILES string of the molecule is O=C(OC(Cc1ccc(Cl)cc1)c1ccccc1)n1ccnc1. The molecule has 1 aromatic heterocycles. The minimum Gasteiger partial charge on any atom is -0.440 e. The maximum atomic E-state index is 12.2. The summed E-state index contributed by atoms with van der Waals surface area (Å²) in [4.78, 5) is 16.1. The van der Waals surface area contributed by atoms with Crippen molar-refractivity contribution in [1.29, 1.82) is 0 Å². The molecule has 5 heteroatoms. The molecule has 3 rings (SSSR count). The molecule has 23 heavy (non-hydrogen) atoms. The van der Waals surface area contributed by atoms with Gasteiger partial charge >= 0.3 is 6.09 Å². The van der Waals surface area contributed by atoms with E-state index in [9.17, 15) is 4.79 Å². The first-order chi connectivity index (χ1) is 11.2. The highest BCUT2D eigenvalue weighted by atomic mass is 35.5. The van der Waals surface area contributed by atoms with Crippen LogP contribution in [0.2, 0.25) is 5.02 Å². The Morgan fingerprint density at radius 1 is 1.13 bits per heavy atom. The number of carbonyl (C=O) groups is 1. The molecular formula is C18H15ClN2O2. The molecule has 4 nitrogen and oxygen atoms in total. The lowest BCUT2D eigenvalue weighted by atomic mass is 10.0. The smallest absolute Gasteiger partial charge is 0.419 e. The van der Waals surface area contributed by atoms with Gasteiger partial charge in [0.25, 0.3) is 0 Å². The molecule has 3 aromatic rings. The topological polar surface area (TPSA) is 44.1 Å². The van der Waals surface area contributed by atoms with Crippen LogP contribution in [0.4, 0.5) is 4.79 Å². The molecule has 0 aliphatic heterocycles. The monoisotopic (exact) mass is 326 g/mol. The number of benzene rings is 2. The van der Waals surface area contributed by atoms with Crippen molar-refractivity contribution in [3.8, 4) is 0 Å². The van der Waals surface area contributed by atoms with Crippen LogP contribution in [0, 0.1) is 0 Å². The van der Waals surface area contributed by atoms with Crippen LogP contribution in [0.1, 0.15) is 17.2 Å². The number of imidazole rings is 1. The molecule has 0 radical (unpaired) electrons. The molecule has 0 bridgehead atoms. The van der Waals surface area contributed by atoms with E-state index in [0.717, 1.165) is 11.1 Å². The fourth-order valence-electron chi connectivity index (χ4n) is 2.28. The number of ether oxygens (including phenoxy) is 1. The highest BCUT2D eigenvalue weighted by Gasteiger charge is 2.18. The molecule has 0 spiro atoms. The van der Waals surface area contributed by atoms with E-state index in [1.165, 1.54) is 17.1 Å². The van der Waals surface area contributed by atoms with Crippen LogP contribution >= 0.6 is 11.6 Å². The largest absolute Gasteiger partial charge is 0.440 e. The van der Waals surface area contributed by atoms with Gasteiger partial charge in [-0.15, -0.1) is 0 Å². The summed E-state index contributed by atoms with van der Waals surface area (Å²) in [5, 5.41) is 0.681. The van der Waals surface area contributed by atoms with E-state index < -0.39 is 6.09 Å². The molecule has 2 aromatic carbocycles. The van der Waals surface area contributed by atoms with E-state index in [1.54, 1.807) is 6.20 Å². The normalized spacial score (nSPS) is 11.9. The first-order valence-electron chi connectivity index (χ1n) is 7.21. The average molecular weight is 327 g/mol. The van der Waals surface area contributed by atoms with Gasteiger partial charge in [0.05, 0.1) is 0 Å². The Labute approximate surface area is 139 Å². The second kappa shape index (κ2) is 7.11. The van der Waals surface area contributed by atoms with Crippen LogP contribution in [0.25, 0.3) is 0 Å². The number of carbonyl (C=O) groups excluding carboxylic acids is 1. The maximum Gasteiger partial charge on any atom is 0.419 e. The summed E-state index contributed by atoms with van der Waals surface area (Å²) in [6.07, 6.45) is 4.26. The zero-order valence-electron chi connectivity index (χ0n) is 12.3. The molecule has 0 fully saturated rings. The van der Waals surface area contributed by atoms with E-state index in [-0.39, 0.29) is 6.10 Å². The van der Waals surface area contributed by atoms with Crippen LogP contribution in [-0.2, 0) is 11.2 Å². The number of hydrogen-bond acceptors (Lipinski definition) is 3. The molecule has 1 unspecified atom stereocenters. The number of nitrogens with zero attached hydrogens (tertiary/aromatic N) is 2. The van der Waals surface area contributed by atoms with Gasteiger partial charge in [0.2, 0.25) is 0 Å². The third-order valence-corrected chi connectivity index (χ3v) is 3.72. The number of hydrogen-bond donors (Lipinski definition) is 0. The number of rotatable bonds is 4. The minimum atomic E-state index is -0.453. The number of halogens is 1. The second-order valence-corrected chi connectivity index (χ2v) is 5.52. The second-order valence-electron chi connectivity index (χ2n) is 5.08. The summed E-state index contributed by atoms with van der Waals surface area (Å²) >= 11 is 5.92. The predicted molar refractivity (Wildman–Crippen MR) is 88.4 cm³/mol. The molecule has 0 aliphatic carbocycles. The fraction of sp³-hybridized carbons (Fsp3) is 0.111. The first-order valence-corrected chi connectivity index (χ1v) is 7.58. The standard InChI is InChI=1S/C18H15ClN2O2/c19-16-8-6-14(7-9-16)12-17(15-4-2-1-3-5-15)23-18(22)21-11-10-20-13-21/h1-11,13,17H,12H2. The van der Waals surface area contributed by atoms with Crippen molar-refractivity contribution in [3.05, 3.63) is 89.5 Å². The van der Waals surface area contributed by atoms with E-state index in [2.05, 4.69) is 4.98 Å². The Balaban J connectivity index is 1.82. The Morgan fingerprint density at radius 3 is 2.52 bits per heavy atom. The zero-order chi connectivity index (χ0) is 16.1. The van der Waals surface area contributed by atoms with Crippen LogP contribution in [0.5, 0.6) is 0 Å². The van der Waals surface area contributed by atoms with Crippen LogP contribution in [-0.4, -0.2) is 15.6 Å². The van der Waals surface area contributed by atoms with Crippen molar-refractivity contribution in [2.45, 2.75) is 12.5 Å². The average Bonchev–Trinajstić information content (AvgIpc) is 3.12. The van der Waals surface area contributed by atoms with Gasteiger partial charge in [0.1, 0.15) is 12.4 Å². The summed E-state index contributed by atoms with van der Waals surface area (Å²) in [6, 6.07) is 17.2.